The molecular formula is C17H24BrNO. The van der Waals surface area contributed by atoms with Gasteiger partial charge in [-0.2, -0.15) is 0 Å². The number of carbonyl (C=O) groups excluding carboxylic acids is 1. The Morgan fingerprint density at radius 1 is 1.35 bits per heavy atom. The normalized spacial score (nSPS) is 25.1. The molecule has 2 rings (SSSR count). The molecule has 0 radical (unpaired) electrons. The van der Waals surface area contributed by atoms with E-state index in [9.17, 15) is 4.79 Å². The van der Waals surface area contributed by atoms with Crippen molar-refractivity contribution in [1.82, 2.24) is 5.32 Å². The van der Waals surface area contributed by atoms with E-state index < -0.39 is 0 Å². The molecule has 110 valence electrons. The number of rotatable bonds is 5. The Balaban J connectivity index is 2.12. The van der Waals surface area contributed by atoms with Crippen molar-refractivity contribution in [3.8, 4) is 0 Å². The maximum absolute atomic E-state index is 12.7. The smallest absolute Gasteiger partial charge is 0.228 e. The van der Waals surface area contributed by atoms with Crippen molar-refractivity contribution in [3.05, 3.63) is 35.9 Å². The van der Waals surface area contributed by atoms with Gasteiger partial charge in [-0.05, 0) is 24.3 Å². The Hall–Kier alpha value is -0.830. The van der Waals surface area contributed by atoms with Crippen LogP contribution >= 0.6 is 15.9 Å². The zero-order valence-electron chi connectivity index (χ0n) is 12.3. The van der Waals surface area contributed by atoms with Crippen LogP contribution in [-0.2, 0) is 4.79 Å². The second-order valence-corrected chi connectivity index (χ2v) is 7.01. The second kappa shape index (κ2) is 7.26. The minimum absolute atomic E-state index is 0.0403. The average molecular weight is 338 g/mol. The van der Waals surface area contributed by atoms with Crippen LogP contribution in [-0.4, -0.2) is 16.8 Å². The van der Waals surface area contributed by atoms with Crippen LogP contribution < -0.4 is 5.32 Å². The van der Waals surface area contributed by atoms with Gasteiger partial charge in [0.25, 0.3) is 0 Å². The van der Waals surface area contributed by atoms with E-state index in [1.807, 2.05) is 18.2 Å². The molecule has 2 nitrogen and oxygen atoms in total. The molecule has 1 aromatic rings. The molecule has 0 heterocycles. The molecule has 0 bridgehead atoms. The van der Waals surface area contributed by atoms with Gasteiger partial charge in [0.05, 0.1) is 5.92 Å². The fraction of sp³-hybridized carbons (Fsp3) is 0.588. The first-order valence-electron chi connectivity index (χ1n) is 7.62. The molecule has 1 saturated carbocycles. The summed E-state index contributed by atoms with van der Waals surface area (Å²) in [5, 5.41) is 3.26. The predicted octanol–water partition coefficient (Wildman–Crippen LogP) is 4.25. The Morgan fingerprint density at radius 3 is 2.60 bits per heavy atom. The lowest BCUT2D eigenvalue weighted by molar-refractivity contribution is -0.124. The minimum atomic E-state index is -0.0403. The van der Waals surface area contributed by atoms with Gasteiger partial charge < -0.3 is 5.32 Å². The first kappa shape index (κ1) is 15.6. The molecule has 0 spiro atoms. The number of hydrogen-bond donors (Lipinski definition) is 1. The summed E-state index contributed by atoms with van der Waals surface area (Å²) in [6.07, 6.45) is 4.45. The SMILES string of the molecule is CCC(C)C(C(=O)NC1CCCC1Br)c1ccccc1. The summed E-state index contributed by atoms with van der Waals surface area (Å²) in [5.74, 6) is 0.496. The largest absolute Gasteiger partial charge is 0.352 e. The van der Waals surface area contributed by atoms with Gasteiger partial charge in [0, 0.05) is 10.9 Å². The van der Waals surface area contributed by atoms with Gasteiger partial charge >= 0.3 is 0 Å². The topological polar surface area (TPSA) is 29.1 Å². The molecule has 0 saturated heterocycles. The molecule has 0 aromatic heterocycles. The highest BCUT2D eigenvalue weighted by molar-refractivity contribution is 9.09. The van der Waals surface area contributed by atoms with E-state index in [0.717, 1.165) is 24.8 Å². The van der Waals surface area contributed by atoms with Crippen molar-refractivity contribution in [2.45, 2.75) is 56.3 Å². The quantitative estimate of drug-likeness (QED) is 0.799. The van der Waals surface area contributed by atoms with Crippen molar-refractivity contribution in [1.29, 1.82) is 0 Å². The first-order valence-corrected chi connectivity index (χ1v) is 8.54. The molecule has 1 aliphatic rings. The molecular weight excluding hydrogens is 314 g/mol. The highest BCUT2D eigenvalue weighted by atomic mass is 79.9. The summed E-state index contributed by atoms with van der Waals surface area (Å²) in [5.41, 5.74) is 1.13. The fourth-order valence-electron chi connectivity index (χ4n) is 2.98. The molecule has 1 fully saturated rings. The molecule has 4 unspecified atom stereocenters. The highest BCUT2D eigenvalue weighted by Crippen LogP contribution is 2.30. The zero-order chi connectivity index (χ0) is 14.5. The summed E-state index contributed by atoms with van der Waals surface area (Å²) >= 11 is 3.68. The van der Waals surface area contributed by atoms with Gasteiger partial charge in [-0.3, -0.25) is 4.79 Å². The van der Waals surface area contributed by atoms with Crippen molar-refractivity contribution in [2.24, 2.45) is 5.92 Å². The summed E-state index contributed by atoms with van der Waals surface area (Å²) in [7, 11) is 0. The third-order valence-corrected chi connectivity index (χ3v) is 5.51. The lowest BCUT2D eigenvalue weighted by atomic mass is 9.84. The Labute approximate surface area is 130 Å². The van der Waals surface area contributed by atoms with E-state index in [4.69, 9.17) is 0 Å². The number of alkyl halides is 1. The summed E-state index contributed by atoms with van der Waals surface area (Å²) in [6.45, 7) is 4.31. The van der Waals surface area contributed by atoms with Crippen molar-refractivity contribution in [3.63, 3.8) is 0 Å². The van der Waals surface area contributed by atoms with Crippen LogP contribution in [0.5, 0.6) is 0 Å². The maximum Gasteiger partial charge on any atom is 0.228 e. The van der Waals surface area contributed by atoms with Gasteiger partial charge in [0.1, 0.15) is 0 Å². The summed E-state index contributed by atoms with van der Waals surface area (Å²) in [4.78, 5) is 13.1. The Kier molecular flexibility index (Phi) is 5.64. The fourth-order valence-corrected chi connectivity index (χ4v) is 3.70. The predicted molar refractivity (Wildman–Crippen MR) is 87.1 cm³/mol. The third-order valence-electron chi connectivity index (χ3n) is 4.41. The molecule has 3 heteroatoms. The number of nitrogens with one attached hydrogen (secondary N) is 1. The lowest BCUT2D eigenvalue weighted by Crippen LogP contribution is -2.41. The molecule has 20 heavy (non-hydrogen) atoms. The van der Waals surface area contributed by atoms with E-state index >= 15 is 0 Å². The van der Waals surface area contributed by atoms with Gasteiger partial charge in [-0.25, -0.2) is 0 Å². The molecule has 1 aromatic carbocycles. The van der Waals surface area contributed by atoms with Gasteiger partial charge in [0.2, 0.25) is 5.91 Å². The van der Waals surface area contributed by atoms with Crippen molar-refractivity contribution >= 4 is 21.8 Å². The zero-order valence-corrected chi connectivity index (χ0v) is 13.9. The van der Waals surface area contributed by atoms with Crippen LogP contribution in [0.4, 0.5) is 0 Å². The van der Waals surface area contributed by atoms with Crippen LogP contribution in [0, 0.1) is 5.92 Å². The second-order valence-electron chi connectivity index (χ2n) is 5.84. The van der Waals surface area contributed by atoms with Crippen molar-refractivity contribution in [2.75, 3.05) is 0 Å². The highest BCUT2D eigenvalue weighted by Gasteiger charge is 2.31. The Bertz CT molecular complexity index is 434. The molecule has 0 aliphatic heterocycles. The molecule has 1 aliphatic carbocycles. The van der Waals surface area contributed by atoms with E-state index in [2.05, 4.69) is 47.2 Å². The van der Waals surface area contributed by atoms with Crippen LogP contribution in [0.1, 0.15) is 51.0 Å². The van der Waals surface area contributed by atoms with E-state index in [-0.39, 0.29) is 17.9 Å². The first-order chi connectivity index (χ1) is 9.63. The molecule has 4 atom stereocenters. The van der Waals surface area contributed by atoms with E-state index in [0.29, 0.717) is 10.7 Å². The van der Waals surface area contributed by atoms with Crippen LogP contribution in [0.25, 0.3) is 0 Å². The molecule has 1 N–H and O–H groups in total. The number of halogens is 1. The van der Waals surface area contributed by atoms with Crippen LogP contribution in [0.3, 0.4) is 0 Å². The average Bonchev–Trinajstić information content (AvgIpc) is 2.85. The van der Waals surface area contributed by atoms with Gasteiger partial charge in [-0.15, -0.1) is 0 Å². The summed E-state index contributed by atoms with van der Waals surface area (Å²) < 4.78 is 0. The van der Waals surface area contributed by atoms with Gasteiger partial charge in [0.15, 0.2) is 0 Å². The minimum Gasteiger partial charge on any atom is -0.352 e. The monoisotopic (exact) mass is 337 g/mol. The summed E-state index contributed by atoms with van der Waals surface area (Å²) in [6, 6.07) is 10.5. The van der Waals surface area contributed by atoms with Crippen LogP contribution in [0.2, 0.25) is 0 Å². The third kappa shape index (κ3) is 3.63. The van der Waals surface area contributed by atoms with E-state index in [1.165, 1.54) is 6.42 Å². The number of carbonyl (C=O) groups is 1. The van der Waals surface area contributed by atoms with E-state index in [1.54, 1.807) is 0 Å². The molecule has 1 amide bonds. The van der Waals surface area contributed by atoms with Crippen molar-refractivity contribution < 1.29 is 4.79 Å². The van der Waals surface area contributed by atoms with Gasteiger partial charge in [-0.1, -0.05) is 73.0 Å². The number of amides is 1. The van der Waals surface area contributed by atoms with Crippen LogP contribution in [0.15, 0.2) is 30.3 Å². The Morgan fingerprint density at radius 2 is 2.05 bits per heavy atom. The number of benzene rings is 1. The standard InChI is InChI=1S/C17H24BrNO/c1-3-12(2)16(13-8-5-4-6-9-13)17(20)19-15-11-7-10-14(15)18/h4-6,8-9,12,14-16H,3,7,10-11H2,1-2H3,(H,19,20). The number of hydrogen-bond acceptors (Lipinski definition) is 1. The maximum atomic E-state index is 12.7. The lowest BCUT2D eigenvalue weighted by Gasteiger charge is -2.26.